The molecular weight excluding hydrogens is 608 g/mol. The van der Waals surface area contributed by atoms with Crippen LogP contribution in [-0.2, 0) is 9.53 Å². The number of thiazole rings is 1. The first-order chi connectivity index (χ1) is 21.8. The largest absolute Gasteiger partial charge is 0.490 e. The number of terminal acetylenes is 1. The van der Waals surface area contributed by atoms with Crippen molar-refractivity contribution in [2.75, 3.05) is 19.8 Å². The summed E-state index contributed by atoms with van der Waals surface area (Å²) in [5.74, 6) is 2.98. The lowest BCUT2D eigenvalue weighted by Crippen LogP contribution is -2.40. The number of fused-ring (bicyclic) bond motifs is 1. The van der Waals surface area contributed by atoms with Crippen molar-refractivity contribution in [3.8, 4) is 23.8 Å². The van der Waals surface area contributed by atoms with E-state index in [4.69, 9.17) is 37.2 Å². The van der Waals surface area contributed by atoms with Gasteiger partial charge in [0.05, 0.1) is 40.1 Å². The summed E-state index contributed by atoms with van der Waals surface area (Å²) in [4.78, 5) is 33.3. The number of nitrogens with zero attached hydrogens (tertiary/aromatic N) is 2. The van der Waals surface area contributed by atoms with Crippen molar-refractivity contribution in [3.63, 3.8) is 0 Å². The van der Waals surface area contributed by atoms with Crippen LogP contribution in [0, 0.1) is 12.3 Å². The van der Waals surface area contributed by atoms with Gasteiger partial charge >= 0.3 is 5.97 Å². The fourth-order valence-electron chi connectivity index (χ4n) is 5.16. The lowest BCUT2D eigenvalue weighted by atomic mass is 9.91. The molecule has 1 aliphatic rings. The van der Waals surface area contributed by atoms with Crippen LogP contribution >= 0.6 is 22.9 Å². The number of ether oxygens (including phenoxy) is 3. The van der Waals surface area contributed by atoms with E-state index < -0.39 is 12.0 Å². The van der Waals surface area contributed by atoms with Crippen molar-refractivity contribution >= 4 is 40.7 Å². The summed E-state index contributed by atoms with van der Waals surface area (Å²) in [6.45, 7) is 8.43. The number of hydrogen-bond donors (Lipinski definition) is 0. The van der Waals surface area contributed by atoms with Gasteiger partial charge in [0.15, 0.2) is 16.3 Å². The first-order valence-electron chi connectivity index (χ1n) is 14.7. The molecular formula is C36H33ClN2O5S. The van der Waals surface area contributed by atoms with Gasteiger partial charge in [0.2, 0.25) is 0 Å². The van der Waals surface area contributed by atoms with E-state index in [0.717, 1.165) is 16.7 Å². The second-order valence-electron chi connectivity index (χ2n) is 10.5. The molecule has 45 heavy (non-hydrogen) atoms. The number of benzene rings is 3. The Morgan fingerprint density at radius 2 is 1.82 bits per heavy atom. The van der Waals surface area contributed by atoms with Crippen LogP contribution in [0.5, 0.6) is 11.5 Å². The zero-order valence-corrected chi connectivity index (χ0v) is 27.1. The third-order valence-electron chi connectivity index (χ3n) is 7.22. The second-order valence-corrected chi connectivity index (χ2v) is 11.9. The lowest BCUT2D eigenvalue weighted by Gasteiger charge is -2.26. The van der Waals surface area contributed by atoms with Crippen LogP contribution < -0.4 is 24.4 Å². The van der Waals surface area contributed by atoms with Crippen molar-refractivity contribution in [1.82, 2.24) is 4.57 Å². The van der Waals surface area contributed by atoms with Crippen LogP contribution in [0.2, 0.25) is 5.02 Å². The summed E-state index contributed by atoms with van der Waals surface area (Å²) in [7, 11) is 0. The van der Waals surface area contributed by atoms with Gasteiger partial charge in [0, 0.05) is 5.56 Å². The average molecular weight is 641 g/mol. The van der Waals surface area contributed by atoms with Gasteiger partial charge in [-0.05, 0) is 54.7 Å². The molecule has 0 N–H and O–H groups in total. The van der Waals surface area contributed by atoms with Crippen LogP contribution in [0.25, 0.3) is 11.8 Å². The zero-order chi connectivity index (χ0) is 32.1. The van der Waals surface area contributed by atoms with Crippen LogP contribution in [-0.4, -0.2) is 30.4 Å². The SMILES string of the molecule is C#CCOc1c(Cl)cc(/C=c2\sc3n(c2=O)[C@H](c2ccc(C(C)C)cc2)C(C(=O)OCC)=C(c2ccccc2)N=3)cc1OCC. The summed E-state index contributed by atoms with van der Waals surface area (Å²) in [5, 5.41) is 0.300. The summed E-state index contributed by atoms with van der Waals surface area (Å²) in [5.41, 5.74) is 3.77. The van der Waals surface area contributed by atoms with Gasteiger partial charge in [-0.2, -0.15) is 0 Å². The Kier molecular flexibility index (Phi) is 9.92. The van der Waals surface area contributed by atoms with Gasteiger partial charge in [-0.15, -0.1) is 6.42 Å². The van der Waals surface area contributed by atoms with Crippen molar-refractivity contribution < 1.29 is 19.0 Å². The molecule has 0 bridgehead atoms. The molecule has 1 aliphatic heterocycles. The van der Waals surface area contributed by atoms with E-state index in [0.29, 0.717) is 55.2 Å². The summed E-state index contributed by atoms with van der Waals surface area (Å²) in [6.07, 6.45) is 7.11. The standard InChI is InChI=1S/C36H33ClN2O5S/c1-6-18-44-33-27(37)19-23(20-28(33)42-7-2)21-29-34(40)39-32(26-16-14-24(15-17-26)22(4)5)30(35(41)43-8-3)31(38-36(39)45-29)25-12-10-9-11-13-25/h1,9-17,19-22,32H,7-8,18H2,2-5H3/b29-21-/t32-/m1/s1. The number of aromatic nitrogens is 1. The molecule has 5 rings (SSSR count). The van der Waals surface area contributed by atoms with Gasteiger partial charge in [-0.3, -0.25) is 9.36 Å². The minimum Gasteiger partial charge on any atom is -0.490 e. The monoisotopic (exact) mass is 640 g/mol. The van der Waals surface area contributed by atoms with Gasteiger partial charge in [0.25, 0.3) is 5.56 Å². The first kappa shape index (κ1) is 31.8. The predicted octanol–water partition coefficient (Wildman–Crippen LogP) is 6.12. The molecule has 0 unspecified atom stereocenters. The Hall–Kier alpha value is -4.58. The predicted molar refractivity (Wildman–Crippen MR) is 179 cm³/mol. The van der Waals surface area contributed by atoms with E-state index in [1.54, 1.807) is 29.7 Å². The Morgan fingerprint density at radius 3 is 2.47 bits per heavy atom. The molecule has 1 aromatic heterocycles. The fraction of sp³-hybridized carbons (Fsp3) is 0.250. The van der Waals surface area contributed by atoms with Crippen molar-refractivity contribution in [2.45, 2.75) is 39.7 Å². The number of rotatable bonds is 10. The number of esters is 1. The Balaban J connectivity index is 1.76. The molecule has 3 aromatic carbocycles. The zero-order valence-electron chi connectivity index (χ0n) is 25.5. The van der Waals surface area contributed by atoms with E-state index in [9.17, 15) is 9.59 Å². The number of hydrogen-bond acceptors (Lipinski definition) is 7. The van der Waals surface area contributed by atoms with Crippen LogP contribution in [0.4, 0.5) is 0 Å². The molecule has 0 aliphatic carbocycles. The van der Waals surface area contributed by atoms with Crippen molar-refractivity contribution in [2.24, 2.45) is 4.99 Å². The highest BCUT2D eigenvalue weighted by Gasteiger charge is 2.35. The minimum absolute atomic E-state index is 0.0302. The van der Waals surface area contributed by atoms with E-state index in [-0.39, 0.29) is 18.8 Å². The molecule has 2 heterocycles. The quantitative estimate of drug-likeness (QED) is 0.154. The summed E-state index contributed by atoms with van der Waals surface area (Å²) >= 11 is 7.80. The van der Waals surface area contributed by atoms with E-state index >= 15 is 0 Å². The van der Waals surface area contributed by atoms with E-state index in [1.807, 2.05) is 61.5 Å². The highest BCUT2D eigenvalue weighted by Crippen LogP contribution is 2.38. The minimum atomic E-state index is -0.763. The molecule has 0 spiro atoms. The smallest absolute Gasteiger partial charge is 0.338 e. The molecule has 1 atom stereocenters. The van der Waals surface area contributed by atoms with Gasteiger partial charge < -0.3 is 14.2 Å². The maximum Gasteiger partial charge on any atom is 0.338 e. The summed E-state index contributed by atoms with van der Waals surface area (Å²) < 4.78 is 19.0. The molecule has 9 heteroatoms. The normalized spacial score (nSPS) is 14.5. The highest BCUT2D eigenvalue weighted by molar-refractivity contribution is 7.07. The topological polar surface area (TPSA) is 79.1 Å². The summed E-state index contributed by atoms with van der Waals surface area (Å²) in [6, 6.07) is 20.1. The molecule has 7 nitrogen and oxygen atoms in total. The number of carbonyl (C=O) groups is 1. The molecule has 0 radical (unpaired) electrons. The van der Waals surface area contributed by atoms with Gasteiger partial charge in [-0.1, -0.05) is 97.3 Å². The Morgan fingerprint density at radius 1 is 1.09 bits per heavy atom. The van der Waals surface area contributed by atoms with Crippen molar-refractivity contribution in [1.29, 1.82) is 0 Å². The Labute approximate surface area is 271 Å². The maximum absolute atomic E-state index is 14.2. The van der Waals surface area contributed by atoms with Crippen LogP contribution in [0.1, 0.15) is 61.9 Å². The molecule has 0 amide bonds. The number of halogens is 1. The third-order valence-corrected chi connectivity index (χ3v) is 8.49. The molecule has 0 saturated heterocycles. The maximum atomic E-state index is 14.2. The third kappa shape index (κ3) is 6.60. The van der Waals surface area contributed by atoms with Gasteiger partial charge in [-0.25, -0.2) is 9.79 Å². The van der Waals surface area contributed by atoms with E-state index in [1.165, 1.54) is 11.3 Å². The van der Waals surface area contributed by atoms with Gasteiger partial charge in [0.1, 0.15) is 6.61 Å². The first-order valence-corrected chi connectivity index (χ1v) is 15.9. The number of carbonyl (C=O) groups excluding carboxylic acids is 1. The molecule has 0 saturated carbocycles. The molecule has 0 fully saturated rings. The fourth-order valence-corrected chi connectivity index (χ4v) is 6.43. The average Bonchev–Trinajstić information content (AvgIpc) is 3.34. The Bertz CT molecular complexity index is 1970. The van der Waals surface area contributed by atoms with Crippen LogP contribution in [0.3, 0.4) is 0 Å². The van der Waals surface area contributed by atoms with E-state index in [2.05, 4.69) is 19.8 Å². The van der Waals surface area contributed by atoms with Crippen LogP contribution in [0.15, 0.2) is 82.1 Å². The highest BCUT2D eigenvalue weighted by atomic mass is 35.5. The second kappa shape index (κ2) is 14.0. The lowest BCUT2D eigenvalue weighted by molar-refractivity contribution is -0.138. The molecule has 4 aromatic rings. The molecule has 230 valence electrons. The van der Waals surface area contributed by atoms with Crippen molar-refractivity contribution in [3.05, 3.63) is 119 Å².